The highest BCUT2D eigenvalue weighted by atomic mass is 16.5. The van der Waals surface area contributed by atoms with Crippen molar-refractivity contribution in [3.8, 4) is 68.2 Å². The fourth-order valence-electron chi connectivity index (χ4n) is 11.0. The van der Waals surface area contributed by atoms with Crippen LogP contribution in [-0.2, 0) is 0 Å². The lowest BCUT2D eigenvalue weighted by Gasteiger charge is -2.09. The van der Waals surface area contributed by atoms with E-state index >= 15 is 0 Å². The number of fused-ring (bicyclic) bond motifs is 4. The first-order chi connectivity index (χ1) is 44.0. The van der Waals surface area contributed by atoms with Gasteiger partial charge in [0, 0.05) is 68.8 Å². The van der Waals surface area contributed by atoms with E-state index in [2.05, 4.69) is 0 Å². The van der Waals surface area contributed by atoms with Gasteiger partial charge in [-0.2, -0.15) is 0 Å². The monoisotopic (exact) mass is 1170 g/mol. The smallest absolute Gasteiger partial charge is 0.200 e. The predicted molar refractivity (Wildman–Crippen MR) is 344 cm³/mol. The predicted octanol–water partition coefficient (Wildman–Crippen LogP) is 17.9. The van der Waals surface area contributed by atoms with Crippen molar-refractivity contribution in [1.82, 2.24) is 0 Å². The normalized spacial score (nSPS) is 12.5. The Kier molecular flexibility index (Phi) is 13.5. The maximum Gasteiger partial charge on any atom is 0.200 e. The Labute approximate surface area is 511 Å². The Hall–Kier alpha value is -12.5. The summed E-state index contributed by atoms with van der Waals surface area (Å²) in [7, 11) is 0. The zero-order chi connectivity index (χ0) is 61.0. The third-order valence-electron chi connectivity index (χ3n) is 15.9. The largest absolute Gasteiger partial charge is 0.457 e. The fraction of sp³-hybridized carbons (Fsp3) is 0. The molecule has 26 rings (SSSR count). The van der Waals surface area contributed by atoms with Gasteiger partial charge in [-0.1, -0.05) is 97.1 Å². The number of hydrogen-bond acceptors (Lipinski definition) is 12. The molecule has 0 aliphatic carbocycles. The molecule has 24 bridgehead atoms. The molecule has 0 saturated heterocycles. The first kappa shape index (κ1) is 54.1. The molecule has 90 heavy (non-hydrogen) atoms. The van der Waals surface area contributed by atoms with Crippen LogP contribution in [0.5, 0.6) is 46.0 Å². The Morgan fingerprint density at radius 2 is 0.322 bits per heavy atom. The van der Waals surface area contributed by atoms with Crippen molar-refractivity contribution in [2.45, 2.75) is 0 Å². The quantitative estimate of drug-likeness (QED) is 0.132. The lowest BCUT2D eigenvalue weighted by molar-refractivity contribution is 0.103. The molecule has 0 unspecified atom stereocenters. The maximum absolute atomic E-state index is 13.3. The lowest BCUT2D eigenvalue weighted by atomic mass is 9.97. The highest BCUT2D eigenvalue weighted by molar-refractivity contribution is 6.11. The first-order valence-corrected chi connectivity index (χ1v) is 28.7. The van der Waals surface area contributed by atoms with Crippen LogP contribution in [-0.4, -0.2) is 23.1 Å². The minimum absolute atomic E-state index is 0.111. The van der Waals surface area contributed by atoms with E-state index in [1.54, 1.807) is 218 Å². The molecule has 2 aromatic heterocycles. The molecular weight excluding hydrogens is 1130 g/mol. The molecule has 14 heterocycles. The van der Waals surface area contributed by atoms with Crippen molar-refractivity contribution < 1.29 is 47.0 Å². The van der Waals surface area contributed by atoms with Crippen molar-refractivity contribution in [3.05, 3.63) is 332 Å². The van der Waals surface area contributed by atoms with Crippen molar-refractivity contribution in [3.63, 3.8) is 0 Å². The van der Waals surface area contributed by atoms with E-state index in [9.17, 15) is 28.8 Å². The van der Waals surface area contributed by atoms with E-state index in [0.29, 0.717) is 134 Å². The number of ketones is 4. The van der Waals surface area contributed by atoms with Crippen LogP contribution in [0, 0.1) is 0 Å². The highest BCUT2D eigenvalue weighted by Gasteiger charge is 2.18. The molecule has 12 aliphatic heterocycles. The van der Waals surface area contributed by atoms with Crippen molar-refractivity contribution in [2.75, 3.05) is 0 Å². The molecule has 0 atom stereocenters. The molecule has 428 valence electrons. The number of rotatable bonds is 0. The molecule has 0 saturated carbocycles. The molecule has 14 aromatic rings. The van der Waals surface area contributed by atoms with Crippen LogP contribution in [0.4, 0.5) is 0 Å². The summed E-state index contributed by atoms with van der Waals surface area (Å²) in [6.45, 7) is 0. The van der Waals surface area contributed by atoms with E-state index < -0.39 is 0 Å². The van der Waals surface area contributed by atoms with Crippen LogP contribution in [0.3, 0.4) is 0 Å². The van der Waals surface area contributed by atoms with Crippen LogP contribution in [0.1, 0.15) is 63.7 Å². The van der Waals surface area contributed by atoms with Gasteiger partial charge in [0.2, 0.25) is 10.9 Å². The number of carbonyl (C=O) groups excluding carboxylic acids is 4. The van der Waals surface area contributed by atoms with Gasteiger partial charge >= 0.3 is 0 Å². The summed E-state index contributed by atoms with van der Waals surface area (Å²) < 4.78 is 36.5. The zero-order valence-corrected chi connectivity index (χ0v) is 47.3. The molecule has 12 aromatic carbocycles. The van der Waals surface area contributed by atoms with Crippen LogP contribution >= 0.6 is 0 Å². The summed E-state index contributed by atoms with van der Waals surface area (Å²) in [4.78, 5) is 79.3. The van der Waals surface area contributed by atoms with Gasteiger partial charge < -0.3 is 27.8 Å². The molecule has 0 fully saturated rings. The van der Waals surface area contributed by atoms with Crippen LogP contribution in [0.25, 0.3) is 66.1 Å². The summed E-state index contributed by atoms with van der Waals surface area (Å²) in [5.74, 6) is 3.60. The van der Waals surface area contributed by atoms with Gasteiger partial charge in [0.1, 0.15) is 68.3 Å². The van der Waals surface area contributed by atoms with Crippen molar-refractivity contribution in [1.29, 1.82) is 0 Å². The minimum Gasteiger partial charge on any atom is -0.457 e. The maximum atomic E-state index is 13.3. The Morgan fingerprint density at radius 1 is 0.167 bits per heavy atom. The highest BCUT2D eigenvalue weighted by Crippen LogP contribution is 2.34. The Morgan fingerprint density at radius 3 is 0.511 bits per heavy atom. The van der Waals surface area contributed by atoms with Gasteiger partial charge in [0.15, 0.2) is 23.1 Å². The first-order valence-electron chi connectivity index (χ1n) is 28.7. The molecule has 0 spiro atoms. The van der Waals surface area contributed by atoms with Crippen LogP contribution in [0.15, 0.2) is 285 Å². The summed E-state index contributed by atoms with van der Waals surface area (Å²) in [6, 6.07) is 77.4. The second-order valence-electron chi connectivity index (χ2n) is 21.6. The lowest BCUT2D eigenvalue weighted by Crippen LogP contribution is -2.02. The third-order valence-corrected chi connectivity index (χ3v) is 15.9. The van der Waals surface area contributed by atoms with E-state index in [1.807, 2.05) is 48.5 Å². The zero-order valence-electron chi connectivity index (χ0n) is 47.3. The summed E-state index contributed by atoms with van der Waals surface area (Å²) in [5.41, 5.74) is 9.21. The van der Waals surface area contributed by atoms with Crippen molar-refractivity contribution in [2.24, 2.45) is 0 Å². The topological polar surface area (TPSA) is 166 Å². The molecule has 12 nitrogen and oxygen atoms in total. The van der Waals surface area contributed by atoms with Gasteiger partial charge in [-0.3, -0.25) is 28.8 Å². The van der Waals surface area contributed by atoms with Gasteiger partial charge in [-0.15, -0.1) is 0 Å². The molecule has 12 heteroatoms. The number of benzene rings is 12. The van der Waals surface area contributed by atoms with E-state index in [0.717, 1.165) is 22.3 Å². The number of hydrogen-bond donors (Lipinski definition) is 0. The Balaban J connectivity index is 0.000000150. The van der Waals surface area contributed by atoms with Crippen molar-refractivity contribution >= 4 is 67.0 Å². The van der Waals surface area contributed by atoms with Gasteiger partial charge in [-0.05, 0) is 168 Å². The summed E-state index contributed by atoms with van der Waals surface area (Å²) in [5, 5.41) is 1.70. The molecular formula is C78H44O12. The summed E-state index contributed by atoms with van der Waals surface area (Å²) in [6.07, 6.45) is 0. The average molecular weight is 1170 g/mol. The molecule has 0 N–H and O–H groups in total. The van der Waals surface area contributed by atoms with Gasteiger partial charge in [0.25, 0.3) is 0 Å². The summed E-state index contributed by atoms with van der Waals surface area (Å²) >= 11 is 0. The van der Waals surface area contributed by atoms with E-state index in [1.165, 1.54) is 0 Å². The minimum atomic E-state index is -0.167. The van der Waals surface area contributed by atoms with E-state index in [-0.39, 0.29) is 34.0 Å². The van der Waals surface area contributed by atoms with E-state index in [4.69, 9.17) is 27.8 Å². The second kappa shape index (κ2) is 22.4. The van der Waals surface area contributed by atoms with Crippen LogP contribution in [0.2, 0.25) is 0 Å². The molecule has 0 amide bonds. The van der Waals surface area contributed by atoms with Crippen LogP contribution < -0.4 is 29.8 Å². The number of ether oxygens (including phenoxy) is 4. The van der Waals surface area contributed by atoms with Gasteiger partial charge in [0.05, 0.1) is 21.5 Å². The SMILES string of the molecule is O=C1c2ccc(cc2)Oc2ccc3c(=O)c4ccc(cc4oc3c2)Oc2ccc(cc2)C(=O)c2ccc(cc2)-c2ccc1cc2.O=C1c2ccc(cc2)Oc2ccc3c(=O)c4ccc(cc4oc3c2)Oc2ccc(cc2)C(=O)c2ccc(cc2)-c2ccc1cc2. The number of carbonyl (C=O) groups is 4. The third kappa shape index (κ3) is 10.5. The average Bonchev–Trinajstić information content (AvgIpc) is 1.41. The molecule has 12 aliphatic rings. The Bertz CT molecular complexity index is 4670. The fourth-order valence-corrected chi connectivity index (χ4v) is 11.0. The molecule has 0 radical (unpaired) electrons. The standard InChI is InChI=1S/2C39H22O6/c2*40-37-25-5-1-23(2-6-25)24-3-7-26(8-4-24)38(41)28-11-15-30(16-12-28)44-32-18-20-34-36(22-32)45-35-21-31(17-19-33(35)39(34)42)43-29-13-9-27(37)10-14-29/h2*1-22H. The van der Waals surface area contributed by atoms with Gasteiger partial charge in [-0.25, -0.2) is 0 Å². The second-order valence-corrected chi connectivity index (χ2v) is 21.6.